The first-order chi connectivity index (χ1) is 18.0. The Labute approximate surface area is 221 Å². The van der Waals surface area contributed by atoms with Gasteiger partial charge in [0, 0.05) is 16.5 Å². The van der Waals surface area contributed by atoms with Gasteiger partial charge in [-0.25, -0.2) is 4.98 Å². The molecule has 1 N–H and O–H groups in total. The van der Waals surface area contributed by atoms with Gasteiger partial charge < -0.3 is 5.32 Å². The number of amides is 1. The van der Waals surface area contributed by atoms with Crippen LogP contribution in [-0.4, -0.2) is 16.6 Å². The fraction of sp³-hybridized carbons (Fsp3) is 0.0938. The third kappa shape index (κ3) is 5.25. The molecule has 0 atom stereocenters. The number of nitriles is 1. The van der Waals surface area contributed by atoms with Gasteiger partial charge in [-0.05, 0) is 36.4 Å². The zero-order chi connectivity index (χ0) is 25.8. The molecule has 0 radical (unpaired) electrons. The number of fused-ring (bicyclic) bond motifs is 1. The van der Waals surface area contributed by atoms with E-state index < -0.39 is 0 Å². The molecule has 5 aromatic rings. The fourth-order valence-electron chi connectivity index (χ4n) is 4.31. The van der Waals surface area contributed by atoms with Crippen molar-refractivity contribution in [3.05, 3.63) is 114 Å². The van der Waals surface area contributed by atoms with Crippen molar-refractivity contribution in [1.29, 1.82) is 5.26 Å². The average Bonchev–Trinajstić information content (AvgIpc) is 2.94. The van der Waals surface area contributed by atoms with Crippen LogP contribution in [0.1, 0.15) is 16.7 Å². The van der Waals surface area contributed by atoms with Crippen LogP contribution < -0.4 is 5.32 Å². The van der Waals surface area contributed by atoms with Crippen molar-refractivity contribution < 1.29 is 4.79 Å². The summed E-state index contributed by atoms with van der Waals surface area (Å²) in [4.78, 5) is 17.9. The largest absolute Gasteiger partial charge is 0.325 e. The second kappa shape index (κ2) is 10.7. The summed E-state index contributed by atoms with van der Waals surface area (Å²) in [6, 6.07) is 34.4. The van der Waals surface area contributed by atoms with Crippen molar-refractivity contribution in [3.63, 3.8) is 0 Å². The molecule has 1 aromatic heterocycles. The van der Waals surface area contributed by atoms with E-state index in [-0.39, 0.29) is 11.7 Å². The van der Waals surface area contributed by atoms with Gasteiger partial charge in [0.05, 0.1) is 22.7 Å². The molecule has 4 nitrogen and oxygen atoms in total. The highest BCUT2D eigenvalue weighted by molar-refractivity contribution is 8.00. The minimum Gasteiger partial charge on any atom is -0.325 e. The van der Waals surface area contributed by atoms with Gasteiger partial charge in [-0.3, -0.25) is 4.79 Å². The minimum atomic E-state index is -0.142. The maximum absolute atomic E-state index is 13.1. The van der Waals surface area contributed by atoms with Gasteiger partial charge in [0.2, 0.25) is 5.91 Å². The van der Waals surface area contributed by atoms with Crippen LogP contribution in [0.3, 0.4) is 0 Å². The maximum atomic E-state index is 13.1. The zero-order valence-corrected chi connectivity index (χ0v) is 21.5. The molecule has 37 heavy (non-hydrogen) atoms. The molecular formula is C32H25N3OS. The smallest absolute Gasteiger partial charge is 0.234 e. The highest BCUT2D eigenvalue weighted by atomic mass is 32.2. The normalized spacial score (nSPS) is 10.7. The highest BCUT2D eigenvalue weighted by Crippen LogP contribution is 2.35. The van der Waals surface area contributed by atoms with Crippen LogP contribution >= 0.6 is 11.8 Å². The summed E-state index contributed by atoms with van der Waals surface area (Å²) in [5.41, 5.74) is 6.91. The molecule has 0 spiro atoms. The number of pyridine rings is 1. The number of nitrogens with one attached hydrogen (secondary N) is 1. The van der Waals surface area contributed by atoms with Gasteiger partial charge >= 0.3 is 0 Å². The van der Waals surface area contributed by atoms with Gasteiger partial charge in [-0.15, -0.1) is 0 Å². The van der Waals surface area contributed by atoms with E-state index >= 15 is 0 Å². The summed E-state index contributed by atoms with van der Waals surface area (Å²) in [6.07, 6.45) is 0. The van der Waals surface area contributed by atoms with E-state index in [9.17, 15) is 10.1 Å². The van der Waals surface area contributed by atoms with Gasteiger partial charge in [-0.1, -0.05) is 108 Å². The number of thioether (sulfide) groups is 1. The Balaban J connectivity index is 1.48. The fourth-order valence-corrected chi connectivity index (χ4v) is 5.11. The number of carbonyl (C=O) groups is 1. The topological polar surface area (TPSA) is 65.8 Å². The lowest BCUT2D eigenvalue weighted by molar-refractivity contribution is -0.113. The van der Waals surface area contributed by atoms with Crippen molar-refractivity contribution in [2.45, 2.75) is 18.9 Å². The summed E-state index contributed by atoms with van der Waals surface area (Å²) in [6.45, 7) is 4.02. The summed E-state index contributed by atoms with van der Waals surface area (Å²) < 4.78 is 0. The minimum absolute atomic E-state index is 0.135. The number of aryl methyl sites for hydroxylation is 2. The number of hydrogen-bond donors (Lipinski definition) is 1. The lowest BCUT2D eigenvalue weighted by Crippen LogP contribution is -2.15. The molecule has 0 saturated heterocycles. The number of nitrogens with zero attached hydrogens (tertiary/aromatic N) is 2. The molecular weight excluding hydrogens is 474 g/mol. The molecule has 0 saturated carbocycles. The van der Waals surface area contributed by atoms with E-state index in [0.29, 0.717) is 10.6 Å². The lowest BCUT2D eigenvalue weighted by atomic mass is 9.98. The Morgan fingerprint density at radius 3 is 2.38 bits per heavy atom. The second-order valence-electron chi connectivity index (χ2n) is 8.89. The number of aromatic nitrogens is 1. The lowest BCUT2D eigenvalue weighted by Gasteiger charge is -2.14. The summed E-state index contributed by atoms with van der Waals surface area (Å²) >= 11 is 1.29. The van der Waals surface area contributed by atoms with Crippen LogP contribution in [-0.2, 0) is 4.79 Å². The number of benzene rings is 4. The number of hydrogen-bond acceptors (Lipinski definition) is 4. The molecule has 180 valence electrons. The number of carbonyl (C=O) groups excluding carboxylic acids is 1. The van der Waals surface area contributed by atoms with Crippen LogP contribution in [0.25, 0.3) is 33.2 Å². The molecule has 0 fully saturated rings. The van der Waals surface area contributed by atoms with Crippen molar-refractivity contribution in [2.24, 2.45) is 0 Å². The van der Waals surface area contributed by atoms with Crippen molar-refractivity contribution >= 4 is 34.1 Å². The van der Waals surface area contributed by atoms with E-state index in [1.54, 1.807) is 0 Å². The first kappa shape index (κ1) is 24.3. The maximum Gasteiger partial charge on any atom is 0.234 e. The molecule has 0 unspecified atom stereocenters. The van der Waals surface area contributed by atoms with E-state index in [0.717, 1.165) is 50.0 Å². The van der Waals surface area contributed by atoms with Crippen LogP contribution in [0.5, 0.6) is 0 Å². The highest BCUT2D eigenvalue weighted by Gasteiger charge is 2.18. The van der Waals surface area contributed by atoms with Crippen molar-refractivity contribution in [3.8, 4) is 28.5 Å². The standard InChI is InChI=1S/C32H25N3OS/c1-21-12-15-24(16-13-21)27-18-29(25-9-4-3-5-10-25)34-32(28(27)19-33)37-20-30(36)35-31-22(2)14-17-23-8-6-7-11-26(23)31/h3-18H,20H2,1-2H3,(H,35,36). The van der Waals surface area contributed by atoms with Crippen molar-refractivity contribution in [2.75, 3.05) is 11.1 Å². The monoisotopic (exact) mass is 499 g/mol. The third-order valence-electron chi connectivity index (χ3n) is 6.27. The molecule has 0 aliphatic rings. The molecule has 0 aliphatic carbocycles. The first-order valence-electron chi connectivity index (χ1n) is 12.0. The van der Waals surface area contributed by atoms with E-state index in [1.165, 1.54) is 11.8 Å². The SMILES string of the molecule is Cc1ccc(-c2cc(-c3ccccc3)nc(SCC(=O)Nc3c(C)ccc4ccccc34)c2C#N)cc1. The molecule has 5 rings (SSSR count). The van der Waals surface area contributed by atoms with Crippen LogP contribution in [0.15, 0.2) is 102 Å². The van der Waals surface area contributed by atoms with E-state index in [1.807, 2.05) is 105 Å². The summed E-state index contributed by atoms with van der Waals surface area (Å²) in [7, 11) is 0. The average molecular weight is 500 g/mol. The Morgan fingerprint density at radius 1 is 0.892 bits per heavy atom. The van der Waals surface area contributed by atoms with Gasteiger partial charge in [-0.2, -0.15) is 5.26 Å². The Hall–Kier alpha value is -4.40. The molecule has 0 bridgehead atoms. The quantitative estimate of drug-likeness (QED) is 0.242. The predicted molar refractivity (Wildman–Crippen MR) is 153 cm³/mol. The predicted octanol–water partition coefficient (Wildman–Crippen LogP) is 7.79. The van der Waals surface area contributed by atoms with Crippen LogP contribution in [0.2, 0.25) is 0 Å². The second-order valence-corrected chi connectivity index (χ2v) is 9.86. The van der Waals surface area contributed by atoms with E-state index in [4.69, 9.17) is 4.98 Å². The summed E-state index contributed by atoms with van der Waals surface area (Å²) in [5, 5.41) is 15.8. The van der Waals surface area contributed by atoms with Crippen LogP contribution in [0, 0.1) is 25.2 Å². The molecule has 0 aliphatic heterocycles. The Bertz CT molecular complexity index is 1640. The molecule has 1 heterocycles. The molecule has 1 amide bonds. The van der Waals surface area contributed by atoms with Gasteiger partial charge in [0.25, 0.3) is 0 Å². The third-order valence-corrected chi connectivity index (χ3v) is 7.25. The van der Waals surface area contributed by atoms with Gasteiger partial charge in [0.1, 0.15) is 11.1 Å². The molecule has 5 heteroatoms. The van der Waals surface area contributed by atoms with E-state index in [2.05, 4.69) is 17.5 Å². The number of rotatable bonds is 6. The first-order valence-corrected chi connectivity index (χ1v) is 13.0. The summed E-state index contributed by atoms with van der Waals surface area (Å²) in [5.74, 6) is -0.00669. The zero-order valence-electron chi connectivity index (χ0n) is 20.7. The Kier molecular flexibility index (Phi) is 7.02. The van der Waals surface area contributed by atoms with Gasteiger partial charge in [0.15, 0.2) is 0 Å². The Morgan fingerprint density at radius 2 is 1.62 bits per heavy atom. The van der Waals surface area contributed by atoms with Crippen molar-refractivity contribution in [1.82, 2.24) is 4.98 Å². The van der Waals surface area contributed by atoms with Crippen LogP contribution in [0.4, 0.5) is 5.69 Å². The molecule has 4 aromatic carbocycles. The number of anilines is 1.